The molecule has 0 aromatic heterocycles. The fraction of sp³-hybridized carbons (Fsp3) is 0.917. The van der Waals surface area contributed by atoms with E-state index in [-0.39, 0.29) is 71.0 Å². The Balaban J connectivity index is -0.000000208. The molecule has 0 aromatic rings. The second-order valence-electron chi connectivity index (χ2n) is 5.88. The van der Waals surface area contributed by atoms with Gasteiger partial charge in [-0.1, -0.05) is 51.0 Å². The average molecular weight is 475 g/mol. The highest BCUT2D eigenvalue weighted by Crippen LogP contribution is 2.02. The van der Waals surface area contributed by atoms with Crippen molar-refractivity contribution in [2.45, 2.75) is 109 Å². The molecular weight excluding hydrogens is 416 g/mol. The van der Waals surface area contributed by atoms with Gasteiger partial charge in [-0.2, -0.15) is 0 Å². The first-order valence-corrected chi connectivity index (χ1v) is 9.51. The minimum Gasteiger partial charge on any atom is -0.434 e. The standard InChI is InChI=1S/C18H34O8.6CH4/c19-11-5-1-2-7-13-23-17(21)25-15-9-4-10-16-26-18(22)24-14-8-3-6-12-20;;;;;;/h19-20H,1-16H2;6*1H4. The molecule has 202 valence electrons. The first-order chi connectivity index (χ1) is 12.7. The molecule has 0 aromatic carbocycles. The zero-order valence-electron chi connectivity index (χ0n) is 15.7. The summed E-state index contributed by atoms with van der Waals surface area (Å²) in [5, 5.41) is 17.2. The first-order valence-electron chi connectivity index (χ1n) is 9.51. The van der Waals surface area contributed by atoms with E-state index in [1.165, 1.54) is 0 Å². The van der Waals surface area contributed by atoms with Crippen LogP contribution in [0.5, 0.6) is 0 Å². The van der Waals surface area contributed by atoms with E-state index in [0.29, 0.717) is 38.9 Å². The molecule has 0 amide bonds. The maximum atomic E-state index is 11.3. The Morgan fingerprint density at radius 3 is 0.906 bits per heavy atom. The van der Waals surface area contributed by atoms with Crippen molar-refractivity contribution in [1.29, 1.82) is 0 Å². The van der Waals surface area contributed by atoms with Crippen LogP contribution in [0.25, 0.3) is 0 Å². The minimum atomic E-state index is -0.673. The number of aliphatic hydroxyl groups excluding tert-OH is 2. The van der Waals surface area contributed by atoms with E-state index >= 15 is 0 Å². The van der Waals surface area contributed by atoms with Crippen LogP contribution in [0, 0.1) is 0 Å². The van der Waals surface area contributed by atoms with Gasteiger partial charge < -0.3 is 29.2 Å². The SMILES string of the molecule is C.C.C.C.C.C.O=C(OCCCCCO)OCCCCCOC(=O)OCCCCCCO. The van der Waals surface area contributed by atoms with Crippen molar-refractivity contribution < 1.29 is 38.7 Å². The van der Waals surface area contributed by atoms with Gasteiger partial charge in [-0.15, -0.1) is 0 Å². The Morgan fingerprint density at radius 1 is 0.406 bits per heavy atom. The molecule has 32 heavy (non-hydrogen) atoms. The van der Waals surface area contributed by atoms with Crippen molar-refractivity contribution in [3.8, 4) is 0 Å². The molecule has 2 N–H and O–H groups in total. The van der Waals surface area contributed by atoms with E-state index in [4.69, 9.17) is 29.2 Å². The minimum absolute atomic E-state index is 0. The maximum absolute atomic E-state index is 11.3. The lowest BCUT2D eigenvalue weighted by molar-refractivity contribution is 0.0489. The predicted octanol–water partition coefficient (Wildman–Crippen LogP) is 7.00. The molecule has 0 aliphatic rings. The van der Waals surface area contributed by atoms with Gasteiger partial charge in [0.25, 0.3) is 0 Å². The molecule has 0 rings (SSSR count). The summed E-state index contributed by atoms with van der Waals surface area (Å²) in [6.07, 6.45) is 6.39. The molecule has 0 unspecified atom stereocenters. The molecular formula is C24H58O8. The summed E-state index contributed by atoms with van der Waals surface area (Å²) >= 11 is 0. The molecule has 0 bridgehead atoms. The smallest absolute Gasteiger partial charge is 0.434 e. The highest BCUT2D eigenvalue weighted by molar-refractivity contribution is 5.60. The predicted molar refractivity (Wildman–Crippen MR) is 135 cm³/mol. The summed E-state index contributed by atoms with van der Waals surface area (Å²) in [5.74, 6) is 0. The Bertz CT molecular complexity index is 338. The van der Waals surface area contributed by atoms with Crippen molar-refractivity contribution in [2.75, 3.05) is 39.6 Å². The van der Waals surface area contributed by atoms with Gasteiger partial charge >= 0.3 is 12.3 Å². The van der Waals surface area contributed by atoms with Gasteiger partial charge in [0.1, 0.15) is 0 Å². The number of carbonyl (C=O) groups excluding carboxylic acids is 2. The summed E-state index contributed by atoms with van der Waals surface area (Å²) in [7, 11) is 0. The number of unbranched alkanes of at least 4 members (excludes halogenated alkanes) is 7. The number of aliphatic hydroxyl groups is 2. The summed E-state index contributed by atoms with van der Waals surface area (Å²) in [5.41, 5.74) is 0. The highest BCUT2D eigenvalue weighted by Gasteiger charge is 2.05. The summed E-state index contributed by atoms with van der Waals surface area (Å²) < 4.78 is 19.6. The third-order valence-electron chi connectivity index (χ3n) is 3.52. The third kappa shape index (κ3) is 39.0. The van der Waals surface area contributed by atoms with Gasteiger partial charge in [-0.3, -0.25) is 0 Å². The van der Waals surface area contributed by atoms with Gasteiger partial charge in [0, 0.05) is 13.2 Å². The number of ether oxygens (including phenoxy) is 4. The van der Waals surface area contributed by atoms with Gasteiger partial charge in [-0.05, 0) is 57.8 Å². The van der Waals surface area contributed by atoms with Crippen molar-refractivity contribution in [3.63, 3.8) is 0 Å². The molecule has 0 atom stereocenters. The van der Waals surface area contributed by atoms with E-state index < -0.39 is 12.3 Å². The van der Waals surface area contributed by atoms with Crippen LogP contribution in [0.2, 0.25) is 0 Å². The topological polar surface area (TPSA) is 112 Å². The Morgan fingerprint density at radius 2 is 0.625 bits per heavy atom. The zero-order valence-corrected chi connectivity index (χ0v) is 15.7. The molecule has 0 radical (unpaired) electrons. The van der Waals surface area contributed by atoms with E-state index in [1.54, 1.807) is 0 Å². The van der Waals surface area contributed by atoms with Crippen molar-refractivity contribution in [1.82, 2.24) is 0 Å². The van der Waals surface area contributed by atoms with Crippen molar-refractivity contribution in [3.05, 3.63) is 0 Å². The quantitative estimate of drug-likeness (QED) is 0.171. The summed E-state index contributed by atoms with van der Waals surface area (Å²) in [6, 6.07) is 0. The van der Waals surface area contributed by atoms with Crippen LogP contribution in [0.1, 0.15) is 109 Å². The lowest BCUT2D eigenvalue weighted by Crippen LogP contribution is -2.11. The Labute approximate surface area is 200 Å². The second kappa shape index (κ2) is 39.9. The van der Waals surface area contributed by atoms with Gasteiger partial charge in [-0.25, -0.2) is 9.59 Å². The van der Waals surface area contributed by atoms with Crippen LogP contribution in [0.3, 0.4) is 0 Å². The highest BCUT2D eigenvalue weighted by atomic mass is 16.7. The Kier molecular flexibility index (Phi) is 59.9. The number of hydrogen-bond acceptors (Lipinski definition) is 8. The third-order valence-corrected chi connectivity index (χ3v) is 3.52. The molecule has 8 heteroatoms. The molecule has 0 fully saturated rings. The molecule has 0 saturated heterocycles. The van der Waals surface area contributed by atoms with E-state index in [0.717, 1.165) is 38.5 Å². The Hall–Kier alpha value is -1.54. The van der Waals surface area contributed by atoms with Crippen molar-refractivity contribution >= 4 is 12.3 Å². The molecule has 0 aliphatic carbocycles. The van der Waals surface area contributed by atoms with Crippen molar-refractivity contribution in [2.24, 2.45) is 0 Å². The lowest BCUT2D eigenvalue weighted by Gasteiger charge is -2.07. The monoisotopic (exact) mass is 474 g/mol. The normalized spacial score (nSPS) is 8.44. The van der Waals surface area contributed by atoms with Gasteiger partial charge in [0.05, 0.1) is 26.4 Å². The fourth-order valence-corrected chi connectivity index (χ4v) is 2.04. The molecule has 8 nitrogen and oxygen atoms in total. The number of carbonyl (C=O) groups is 2. The van der Waals surface area contributed by atoms with Gasteiger partial charge in [0.15, 0.2) is 0 Å². The molecule has 0 saturated carbocycles. The lowest BCUT2D eigenvalue weighted by atomic mass is 10.2. The zero-order chi connectivity index (χ0) is 19.3. The van der Waals surface area contributed by atoms with Crippen LogP contribution in [-0.4, -0.2) is 62.2 Å². The van der Waals surface area contributed by atoms with Crippen LogP contribution in [-0.2, 0) is 18.9 Å². The second-order valence-corrected chi connectivity index (χ2v) is 5.88. The fourth-order valence-electron chi connectivity index (χ4n) is 2.04. The van der Waals surface area contributed by atoms with Crippen LogP contribution in [0.4, 0.5) is 9.59 Å². The van der Waals surface area contributed by atoms with Crippen LogP contribution >= 0.6 is 0 Å². The average Bonchev–Trinajstić information content (AvgIpc) is 2.63. The summed E-state index contributed by atoms with van der Waals surface area (Å²) in [6.45, 7) is 1.53. The largest absolute Gasteiger partial charge is 0.508 e. The van der Waals surface area contributed by atoms with Crippen LogP contribution < -0.4 is 0 Å². The summed E-state index contributed by atoms with van der Waals surface area (Å²) in [4.78, 5) is 22.5. The van der Waals surface area contributed by atoms with E-state index in [9.17, 15) is 9.59 Å². The number of hydrogen-bond donors (Lipinski definition) is 2. The first kappa shape index (κ1) is 48.0. The van der Waals surface area contributed by atoms with E-state index in [2.05, 4.69) is 0 Å². The molecule has 0 heterocycles. The molecule has 0 spiro atoms. The van der Waals surface area contributed by atoms with Crippen LogP contribution in [0.15, 0.2) is 0 Å². The maximum Gasteiger partial charge on any atom is 0.508 e. The van der Waals surface area contributed by atoms with E-state index in [1.807, 2.05) is 0 Å². The van der Waals surface area contributed by atoms with Gasteiger partial charge in [0.2, 0.25) is 0 Å². The molecule has 0 aliphatic heterocycles. The number of rotatable bonds is 17.